The fourth-order valence-corrected chi connectivity index (χ4v) is 3.63. The maximum Gasteiger partial charge on any atom is 0.0465 e. The molecule has 3 heteroatoms. The number of nitrogens with zero attached hydrogens (tertiary/aromatic N) is 1. The largest absolute Gasteiger partial charge is 0.385 e. The second-order valence-corrected chi connectivity index (χ2v) is 6.00. The third-order valence-electron chi connectivity index (χ3n) is 4.71. The standard InChI is InChI=1S/C15H32N2O/c1-6-16-14(13(2)9-12-18-5)15(17(3)4)10-7-8-11-15/h13-14,16H,6-12H2,1-5H3. The van der Waals surface area contributed by atoms with E-state index in [0.29, 0.717) is 17.5 Å². The molecule has 1 fully saturated rings. The van der Waals surface area contributed by atoms with E-state index in [9.17, 15) is 0 Å². The molecule has 0 aliphatic heterocycles. The Hall–Kier alpha value is -0.120. The summed E-state index contributed by atoms with van der Waals surface area (Å²) >= 11 is 0. The molecule has 0 amide bonds. The minimum atomic E-state index is 0.350. The fraction of sp³-hybridized carbons (Fsp3) is 1.00. The van der Waals surface area contributed by atoms with Crippen molar-refractivity contribution >= 4 is 0 Å². The summed E-state index contributed by atoms with van der Waals surface area (Å²) in [5.74, 6) is 0.658. The van der Waals surface area contributed by atoms with Crippen LogP contribution in [0.4, 0.5) is 0 Å². The fourth-order valence-electron chi connectivity index (χ4n) is 3.63. The monoisotopic (exact) mass is 256 g/mol. The summed E-state index contributed by atoms with van der Waals surface area (Å²) in [6.45, 7) is 6.51. The van der Waals surface area contributed by atoms with Gasteiger partial charge in [-0.25, -0.2) is 0 Å². The second-order valence-electron chi connectivity index (χ2n) is 6.00. The van der Waals surface area contributed by atoms with Gasteiger partial charge >= 0.3 is 0 Å². The summed E-state index contributed by atoms with van der Waals surface area (Å²) in [6, 6.07) is 0.579. The van der Waals surface area contributed by atoms with Gasteiger partial charge in [0.15, 0.2) is 0 Å². The van der Waals surface area contributed by atoms with Gasteiger partial charge in [-0.1, -0.05) is 26.7 Å². The van der Waals surface area contributed by atoms with Crippen LogP contribution in [0.1, 0.15) is 46.0 Å². The van der Waals surface area contributed by atoms with Crippen LogP contribution in [0.2, 0.25) is 0 Å². The summed E-state index contributed by atoms with van der Waals surface area (Å²) in [5, 5.41) is 3.76. The van der Waals surface area contributed by atoms with Crippen LogP contribution < -0.4 is 5.32 Å². The molecule has 1 saturated carbocycles. The first kappa shape index (κ1) is 15.9. The van der Waals surface area contributed by atoms with Gasteiger partial charge < -0.3 is 15.0 Å². The molecule has 0 saturated heterocycles. The van der Waals surface area contributed by atoms with E-state index in [1.807, 2.05) is 0 Å². The molecule has 0 bridgehead atoms. The molecule has 18 heavy (non-hydrogen) atoms. The third kappa shape index (κ3) is 3.46. The summed E-state index contributed by atoms with van der Waals surface area (Å²) in [7, 11) is 6.30. The number of hydrogen-bond donors (Lipinski definition) is 1. The van der Waals surface area contributed by atoms with Crippen molar-refractivity contribution in [2.45, 2.75) is 57.5 Å². The lowest BCUT2D eigenvalue weighted by Gasteiger charge is -2.46. The van der Waals surface area contributed by atoms with E-state index in [-0.39, 0.29) is 0 Å². The normalized spacial score (nSPS) is 22.3. The van der Waals surface area contributed by atoms with Crippen molar-refractivity contribution in [1.29, 1.82) is 0 Å². The molecule has 1 aliphatic rings. The highest BCUT2D eigenvalue weighted by molar-refractivity contribution is 5.03. The predicted octanol–water partition coefficient (Wildman–Crippen LogP) is 2.51. The minimum absolute atomic E-state index is 0.350. The Kier molecular flexibility index (Phi) is 6.61. The molecular weight excluding hydrogens is 224 g/mol. The van der Waals surface area contributed by atoms with E-state index in [1.54, 1.807) is 7.11 Å². The lowest BCUT2D eigenvalue weighted by atomic mass is 9.78. The molecular formula is C15H32N2O. The van der Waals surface area contributed by atoms with Gasteiger partial charge in [-0.15, -0.1) is 0 Å². The van der Waals surface area contributed by atoms with Crippen molar-refractivity contribution in [1.82, 2.24) is 10.2 Å². The van der Waals surface area contributed by atoms with Crippen LogP contribution in [0.5, 0.6) is 0 Å². The highest BCUT2D eigenvalue weighted by atomic mass is 16.5. The summed E-state index contributed by atoms with van der Waals surface area (Å²) < 4.78 is 5.26. The summed E-state index contributed by atoms with van der Waals surface area (Å²) in [5.41, 5.74) is 0.350. The lowest BCUT2D eigenvalue weighted by molar-refractivity contribution is 0.0662. The molecule has 0 radical (unpaired) electrons. The lowest BCUT2D eigenvalue weighted by Crippen LogP contribution is -2.60. The van der Waals surface area contributed by atoms with E-state index in [0.717, 1.165) is 19.6 Å². The zero-order valence-corrected chi connectivity index (χ0v) is 13.0. The smallest absolute Gasteiger partial charge is 0.0465 e. The first-order valence-electron chi connectivity index (χ1n) is 7.48. The quantitative estimate of drug-likeness (QED) is 0.722. The number of ether oxygens (including phenoxy) is 1. The molecule has 0 heterocycles. The predicted molar refractivity (Wildman–Crippen MR) is 78.0 cm³/mol. The Morgan fingerprint density at radius 1 is 1.28 bits per heavy atom. The number of rotatable bonds is 8. The van der Waals surface area contributed by atoms with E-state index >= 15 is 0 Å². The van der Waals surface area contributed by atoms with Crippen molar-refractivity contribution in [3.8, 4) is 0 Å². The third-order valence-corrected chi connectivity index (χ3v) is 4.71. The molecule has 0 aromatic rings. The van der Waals surface area contributed by atoms with Crippen molar-refractivity contribution in [3.63, 3.8) is 0 Å². The number of nitrogens with one attached hydrogen (secondary N) is 1. The van der Waals surface area contributed by atoms with E-state index in [1.165, 1.54) is 25.7 Å². The summed E-state index contributed by atoms with van der Waals surface area (Å²) in [6.07, 6.45) is 6.54. The Morgan fingerprint density at radius 3 is 2.33 bits per heavy atom. The van der Waals surface area contributed by atoms with E-state index in [4.69, 9.17) is 4.74 Å². The number of hydrogen-bond acceptors (Lipinski definition) is 3. The first-order valence-corrected chi connectivity index (χ1v) is 7.48. The first-order chi connectivity index (χ1) is 8.58. The number of likely N-dealkylation sites (N-methyl/N-ethyl adjacent to an activating group) is 2. The Labute approximate surface area is 113 Å². The highest BCUT2D eigenvalue weighted by Crippen LogP contribution is 2.39. The molecule has 0 aromatic heterocycles. The van der Waals surface area contributed by atoms with Gasteiger partial charge in [0.2, 0.25) is 0 Å². The van der Waals surface area contributed by atoms with Crippen molar-refractivity contribution in [2.24, 2.45) is 5.92 Å². The van der Waals surface area contributed by atoms with Crippen LogP contribution in [0.3, 0.4) is 0 Å². The van der Waals surface area contributed by atoms with Crippen LogP contribution in [0.15, 0.2) is 0 Å². The Bertz CT molecular complexity index is 225. The van der Waals surface area contributed by atoms with E-state index < -0.39 is 0 Å². The molecule has 108 valence electrons. The Morgan fingerprint density at radius 2 is 1.89 bits per heavy atom. The van der Waals surface area contributed by atoms with Gasteiger partial charge in [-0.3, -0.25) is 0 Å². The minimum Gasteiger partial charge on any atom is -0.385 e. The van der Waals surface area contributed by atoms with Crippen LogP contribution in [0, 0.1) is 5.92 Å². The van der Waals surface area contributed by atoms with Gasteiger partial charge in [0.1, 0.15) is 0 Å². The molecule has 1 aliphatic carbocycles. The van der Waals surface area contributed by atoms with Gasteiger partial charge in [-0.2, -0.15) is 0 Å². The summed E-state index contributed by atoms with van der Waals surface area (Å²) in [4.78, 5) is 2.47. The zero-order chi connectivity index (χ0) is 13.6. The SMILES string of the molecule is CCNC(C(C)CCOC)C1(N(C)C)CCCC1. The average Bonchev–Trinajstić information content (AvgIpc) is 2.83. The number of methoxy groups -OCH3 is 1. The van der Waals surface area contributed by atoms with Gasteiger partial charge in [0, 0.05) is 25.3 Å². The molecule has 1 rings (SSSR count). The highest BCUT2D eigenvalue weighted by Gasteiger charge is 2.44. The van der Waals surface area contributed by atoms with Crippen molar-refractivity contribution < 1.29 is 4.74 Å². The molecule has 0 spiro atoms. The van der Waals surface area contributed by atoms with Crippen molar-refractivity contribution in [3.05, 3.63) is 0 Å². The van der Waals surface area contributed by atoms with Crippen LogP contribution in [0.25, 0.3) is 0 Å². The van der Waals surface area contributed by atoms with E-state index in [2.05, 4.69) is 38.2 Å². The van der Waals surface area contributed by atoms with Crippen LogP contribution in [-0.2, 0) is 4.74 Å². The average molecular weight is 256 g/mol. The molecule has 0 aromatic carbocycles. The topological polar surface area (TPSA) is 24.5 Å². The molecule has 2 atom stereocenters. The zero-order valence-electron chi connectivity index (χ0n) is 13.0. The van der Waals surface area contributed by atoms with Crippen molar-refractivity contribution in [2.75, 3.05) is 34.4 Å². The van der Waals surface area contributed by atoms with Gasteiger partial charge in [0.05, 0.1) is 0 Å². The van der Waals surface area contributed by atoms with Gasteiger partial charge in [0.25, 0.3) is 0 Å². The molecule has 3 nitrogen and oxygen atoms in total. The molecule has 2 unspecified atom stereocenters. The molecule has 1 N–H and O–H groups in total. The maximum absolute atomic E-state index is 5.26. The van der Waals surface area contributed by atoms with Crippen LogP contribution in [-0.4, -0.2) is 50.8 Å². The van der Waals surface area contributed by atoms with Crippen LogP contribution >= 0.6 is 0 Å². The maximum atomic E-state index is 5.26. The second kappa shape index (κ2) is 7.46. The Balaban J connectivity index is 2.79. The van der Waals surface area contributed by atoms with Gasteiger partial charge in [-0.05, 0) is 45.8 Å².